The fourth-order valence-electron chi connectivity index (χ4n) is 2.86. The van der Waals surface area contributed by atoms with Crippen LogP contribution in [0.3, 0.4) is 0 Å². The van der Waals surface area contributed by atoms with Crippen molar-refractivity contribution in [2.45, 2.75) is 44.9 Å². The van der Waals surface area contributed by atoms with Gasteiger partial charge in [-0.1, -0.05) is 38.5 Å². The highest BCUT2D eigenvalue weighted by atomic mass is 79.9. The Morgan fingerprint density at radius 1 is 1.22 bits per heavy atom. The number of nitrogens with one attached hydrogen (secondary N) is 1. The van der Waals surface area contributed by atoms with Crippen molar-refractivity contribution in [2.24, 2.45) is 5.92 Å². The van der Waals surface area contributed by atoms with Gasteiger partial charge >= 0.3 is 0 Å². The molecule has 96 valence electrons. The second kappa shape index (κ2) is 5.39. The van der Waals surface area contributed by atoms with Crippen LogP contribution in [0.5, 0.6) is 0 Å². The Hall–Kier alpha value is -0.900. The lowest BCUT2D eigenvalue weighted by Crippen LogP contribution is -2.04. The first kappa shape index (κ1) is 12.2. The fraction of sp³-hybridized carbons (Fsp3) is 0.571. The first-order valence-corrected chi connectivity index (χ1v) is 7.61. The highest BCUT2D eigenvalue weighted by Crippen LogP contribution is 2.26. The lowest BCUT2D eigenvalue weighted by atomic mass is 9.96. The molecular weight excluding hydrogens is 290 g/mol. The van der Waals surface area contributed by atoms with Crippen molar-refractivity contribution in [3.63, 3.8) is 0 Å². The van der Waals surface area contributed by atoms with Crippen LogP contribution >= 0.6 is 15.9 Å². The van der Waals surface area contributed by atoms with E-state index in [0.29, 0.717) is 0 Å². The van der Waals surface area contributed by atoms with Crippen LogP contribution < -0.4 is 0 Å². The molecule has 18 heavy (non-hydrogen) atoms. The van der Waals surface area contributed by atoms with Crippen LogP contribution in [0.25, 0.3) is 11.2 Å². The molecule has 4 heteroatoms. The predicted molar refractivity (Wildman–Crippen MR) is 76.5 cm³/mol. The van der Waals surface area contributed by atoms with Crippen molar-refractivity contribution in [3.05, 3.63) is 22.6 Å². The topological polar surface area (TPSA) is 41.6 Å². The Kier molecular flexibility index (Phi) is 3.64. The largest absolute Gasteiger partial charge is 0.341 e. The molecule has 1 saturated carbocycles. The fourth-order valence-corrected chi connectivity index (χ4v) is 3.19. The van der Waals surface area contributed by atoms with Gasteiger partial charge in [0.1, 0.15) is 5.82 Å². The molecule has 0 saturated heterocycles. The molecule has 0 spiro atoms. The molecule has 2 heterocycles. The van der Waals surface area contributed by atoms with Crippen LogP contribution in [0.1, 0.15) is 44.3 Å². The van der Waals surface area contributed by atoms with E-state index in [0.717, 1.165) is 33.8 Å². The van der Waals surface area contributed by atoms with Gasteiger partial charge in [-0.25, -0.2) is 9.97 Å². The maximum Gasteiger partial charge on any atom is 0.177 e. The van der Waals surface area contributed by atoms with Gasteiger partial charge in [-0.2, -0.15) is 0 Å². The smallest absolute Gasteiger partial charge is 0.177 e. The Labute approximate surface area is 116 Å². The quantitative estimate of drug-likeness (QED) is 0.843. The van der Waals surface area contributed by atoms with Crippen LogP contribution in [0.4, 0.5) is 0 Å². The van der Waals surface area contributed by atoms with Crippen LogP contribution in [0, 0.1) is 5.92 Å². The van der Waals surface area contributed by atoms with Crippen molar-refractivity contribution in [2.75, 3.05) is 0 Å². The Bertz CT molecular complexity index is 527. The summed E-state index contributed by atoms with van der Waals surface area (Å²) in [6, 6.07) is 2.05. The Morgan fingerprint density at radius 3 is 2.78 bits per heavy atom. The van der Waals surface area contributed by atoms with Gasteiger partial charge in [0.2, 0.25) is 0 Å². The molecule has 0 amide bonds. The number of H-pyrrole nitrogens is 1. The molecule has 1 aliphatic rings. The summed E-state index contributed by atoms with van der Waals surface area (Å²) < 4.78 is 1.000. The van der Waals surface area contributed by atoms with Crippen LogP contribution in [-0.4, -0.2) is 15.0 Å². The number of pyridine rings is 1. The lowest BCUT2D eigenvalue weighted by Gasteiger charge is -2.11. The minimum Gasteiger partial charge on any atom is -0.341 e. The standard InChI is InChI=1S/C14H18BrN3/c15-11-8-12-14(16-9-11)18-13(17-12)7-10-5-3-1-2-4-6-10/h8-10H,1-7H2,(H,16,17,18). The summed E-state index contributed by atoms with van der Waals surface area (Å²) >= 11 is 3.44. The number of nitrogens with zero attached hydrogens (tertiary/aromatic N) is 2. The van der Waals surface area contributed by atoms with Gasteiger partial charge in [-0.05, 0) is 27.9 Å². The minimum absolute atomic E-state index is 0.802. The monoisotopic (exact) mass is 307 g/mol. The van der Waals surface area contributed by atoms with Crippen molar-refractivity contribution in [1.82, 2.24) is 15.0 Å². The van der Waals surface area contributed by atoms with E-state index in [4.69, 9.17) is 0 Å². The first-order chi connectivity index (χ1) is 8.81. The Balaban J connectivity index is 1.77. The summed E-state index contributed by atoms with van der Waals surface area (Å²) in [4.78, 5) is 12.3. The molecule has 1 N–H and O–H groups in total. The zero-order valence-corrected chi connectivity index (χ0v) is 12.0. The number of rotatable bonds is 2. The molecule has 3 nitrogen and oxygen atoms in total. The zero-order chi connectivity index (χ0) is 12.4. The average Bonchev–Trinajstić information content (AvgIpc) is 2.57. The number of hydrogen-bond donors (Lipinski definition) is 1. The van der Waals surface area contributed by atoms with E-state index in [2.05, 4.69) is 30.9 Å². The molecule has 2 aromatic heterocycles. The number of hydrogen-bond acceptors (Lipinski definition) is 2. The van der Waals surface area contributed by atoms with Gasteiger partial charge in [-0.3, -0.25) is 0 Å². The molecule has 0 aliphatic heterocycles. The third-order valence-electron chi connectivity index (χ3n) is 3.81. The summed E-state index contributed by atoms with van der Waals surface area (Å²) in [5, 5.41) is 0. The molecule has 0 radical (unpaired) electrons. The maximum atomic E-state index is 4.59. The highest BCUT2D eigenvalue weighted by molar-refractivity contribution is 9.10. The molecular formula is C14H18BrN3. The van der Waals surface area contributed by atoms with E-state index in [1.807, 2.05) is 6.07 Å². The van der Waals surface area contributed by atoms with Crippen molar-refractivity contribution in [1.29, 1.82) is 0 Å². The van der Waals surface area contributed by atoms with Gasteiger partial charge in [0.05, 0.1) is 5.52 Å². The van der Waals surface area contributed by atoms with Crippen LogP contribution in [-0.2, 0) is 6.42 Å². The zero-order valence-electron chi connectivity index (χ0n) is 10.5. The molecule has 1 fully saturated rings. The molecule has 0 aromatic carbocycles. The summed E-state index contributed by atoms with van der Waals surface area (Å²) in [5.74, 6) is 1.90. The van der Waals surface area contributed by atoms with E-state index in [9.17, 15) is 0 Å². The van der Waals surface area contributed by atoms with Gasteiger partial charge in [0.15, 0.2) is 5.65 Å². The summed E-state index contributed by atoms with van der Waals surface area (Å²) in [5.41, 5.74) is 1.87. The first-order valence-electron chi connectivity index (χ1n) is 6.81. The van der Waals surface area contributed by atoms with Crippen LogP contribution in [0.2, 0.25) is 0 Å². The summed E-state index contributed by atoms with van der Waals surface area (Å²) in [6.45, 7) is 0. The highest BCUT2D eigenvalue weighted by Gasteiger charge is 2.15. The van der Waals surface area contributed by atoms with E-state index >= 15 is 0 Å². The molecule has 1 aliphatic carbocycles. The second-order valence-electron chi connectivity index (χ2n) is 5.27. The Morgan fingerprint density at radius 2 is 2.00 bits per heavy atom. The van der Waals surface area contributed by atoms with Gasteiger partial charge in [0.25, 0.3) is 0 Å². The molecule has 0 atom stereocenters. The minimum atomic E-state index is 0.802. The van der Waals surface area contributed by atoms with Crippen molar-refractivity contribution in [3.8, 4) is 0 Å². The van der Waals surface area contributed by atoms with Gasteiger partial charge in [-0.15, -0.1) is 0 Å². The van der Waals surface area contributed by atoms with E-state index < -0.39 is 0 Å². The third kappa shape index (κ3) is 2.74. The number of halogens is 1. The molecule has 3 rings (SSSR count). The molecule has 0 bridgehead atoms. The van der Waals surface area contributed by atoms with Crippen LogP contribution in [0.15, 0.2) is 16.7 Å². The second-order valence-corrected chi connectivity index (χ2v) is 6.19. The average molecular weight is 308 g/mol. The van der Waals surface area contributed by atoms with Crippen molar-refractivity contribution >= 4 is 27.1 Å². The third-order valence-corrected chi connectivity index (χ3v) is 4.24. The number of aromatic amines is 1. The van der Waals surface area contributed by atoms with E-state index in [1.54, 1.807) is 6.20 Å². The van der Waals surface area contributed by atoms with Gasteiger partial charge < -0.3 is 4.98 Å². The van der Waals surface area contributed by atoms with Crippen molar-refractivity contribution < 1.29 is 0 Å². The summed E-state index contributed by atoms with van der Waals surface area (Å²) in [6.07, 6.45) is 11.2. The molecule has 0 unspecified atom stereocenters. The SMILES string of the molecule is Brc1cnc2nc(CC3CCCCCC3)[nH]c2c1. The maximum absolute atomic E-state index is 4.59. The normalized spacial score (nSPS) is 18.1. The number of fused-ring (bicyclic) bond motifs is 1. The predicted octanol–water partition coefficient (Wildman–Crippen LogP) is 4.23. The lowest BCUT2D eigenvalue weighted by molar-refractivity contribution is 0.450. The van der Waals surface area contributed by atoms with E-state index in [-0.39, 0.29) is 0 Å². The summed E-state index contributed by atoms with van der Waals surface area (Å²) in [7, 11) is 0. The van der Waals surface area contributed by atoms with E-state index in [1.165, 1.54) is 38.5 Å². The molecule has 2 aromatic rings. The number of aromatic nitrogens is 3. The number of imidazole rings is 1. The van der Waals surface area contributed by atoms with Gasteiger partial charge in [0, 0.05) is 17.1 Å².